The van der Waals surface area contributed by atoms with Gasteiger partial charge in [-0.15, -0.1) is 0 Å². The molecule has 0 saturated heterocycles. The van der Waals surface area contributed by atoms with Crippen molar-refractivity contribution in [3.05, 3.63) is 16.1 Å². The average molecular weight is 139 g/mol. The number of H-pyrrole nitrogens is 1. The topological polar surface area (TPSA) is 15.8 Å². The Bertz CT molecular complexity index is 151. The minimum atomic E-state index is 0. The molecule has 0 amide bonds. The van der Waals surface area contributed by atoms with Gasteiger partial charge in [0.1, 0.15) is 0 Å². The Morgan fingerprint density at radius 1 is 1.86 bits per heavy atom. The molecule has 32 valence electrons. The molecule has 0 unspecified atom stereocenters. The van der Waals surface area contributed by atoms with Crippen LogP contribution >= 0.6 is 23.8 Å². The molecule has 7 heavy (non-hydrogen) atoms. The number of hydrogen-bond acceptors (Lipinski definition) is 2. The quantitative estimate of drug-likeness (QED) is 0.266. The van der Waals surface area contributed by atoms with Gasteiger partial charge in [-0.05, 0) is 4.64 Å². The Hall–Kier alpha value is 0.850. The van der Waals surface area contributed by atoms with Gasteiger partial charge in [0.2, 0.25) is 0 Å². The van der Waals surface area contributed by atoms with Gasteiger partial charge in [-0.1, -0.05) is 0 Å². The molecular weight excluding hydrogens is 137 g/mol. The van der Waals surface area contributed by atoms with Gasteiger partial charge in [0.05, 0.1) is 0 Å². The maximum atomic E-state index is 4.67. The molecule has 1 N–H and O–H groups in total. The number of hydrogen-bond donors (Lipinski definition) is 1. The van der Waals surface area contributed by atoms with Gasteiger partial charge in [-0.25, -0.2) is 11.5 Å². The molecule has 0 radical (unpaired) electrons. The first-order chi connectivity index (χ1) is 2.89. The van der Waals surface area contributed by atoms with E-state index in [1.165, 1.54) is 11.5 Å². The third-order valence-electron chi connectivity index (χ3n) is 0.401. The molecule has 1 heterocycles. The van der Waals surface area contributed by atoms with E-state index in [9.17, 15) is 0 Å². The number of aromatic nitrogens is 1. The van der Waals surface area contributed by atoms with Crippen molar-refractivity contribution in [1.29, 1.82) is 0 Å². The third kappa shape index (κ3) is 2.61. The molecule has 0 saturated carbocycles. The van der Waals surface area contributed by atoms with Crippen LogP contribution in [-0.2, 0) is 0 Å². The molecular formula is C3H2NNaS2. The van der Waals surface area contributed by atoms with E-state index in [0.29, 0.717) is 0 Å². The summed E-state index contributed by atoms with van der Waals surface area (Å²) >= 11 is 6.05. The molecule has 0 fully saturated rings. The molecule has 1 nitrogen and oxygen atoms in total. The summed E-state index contributed by atoms with van der Waals surface area (Å²) in [4.78, 5) is 0. The normalized spacial score (nSPS) is 7.43. The van der Waals surface area contributed by atoms with Crippen LogP contribution in [0.4, 0.5) is 0 Å². The van der Waals surface area contributed by atoms with Crippen molar-refractivity contribution in [2.24, 2.45) is 0 Å². The minimum absolute atomic E-state index is 0. The van der Waals surface area contributed by atoms with Crippen LogP contribution < -0.4 is 29.6 Å². The predicted octanol–water partition coefficient (Wildman–Crippen LogP) is -1.39. The second-order valence-corrected chi connectivity index (χ2v) is 1.91. The van der Waals surface area contributed by atoms with Crippen LogP contribution in [0.2, 0.25) is 0 Å². The fraction of sp³-hybridized carbons (Fsp3) is 0. The molecule has 1 aromatic rings. The maximum absolute atomic E-state index is 4.67. The van der Waals surface area contributed by atoms with Gasteiger partial charge in [0, 0.05) is 0 Å². The zero-order chi connectivity index (χ0) is 4.41. The van der Waals surface area contributed by atoms with Crippen LogP contribution in [0.15, 0.2) is 6.07 Å². The van der Waals surface area contributed by atoms with Crippen LogP contribution in [-0.4, -0.2) is 4.37 Å². The van der Waals surface area contributed by atoms with E-state index in [4.69, 9.17) is 0 Å². The van der Waals surface area contributed by atoms with Crippen molar-refractivity contribution in [3.8, 4) is 0 Å². The van der Waals surface area contributed by atoms with Gasteiger partial charge < -0.3 is 4.37 Å². The smallest absolute Gasteiger partial charge is 0.396 e. The van der Waals surface area contributed by atoms with Gasteiger partial charge in [-0.2, -0.15) is 23.7 Å². The van der Waals surface area contributed by atoms with E-state index in [1.54, 1.807) is 6.07 Å². The van der Waals surface area contributed by atoms with Gasteiger partial charge in [0.15, 0.2) is 0 Å². The summed E-state index contributed by atoms with van der Waals surface area (Å²) in [5, 5.41) is 2.81. The van der Waals surface area contributed by atoms with Crippen molar-refractivity contribution in [2.75, 3.05) is 0 Å². The maximum Gasteiger partial charge on any atom is 1.00 e. The van der Waals surface area contributed by atoms with E-state index < -0.39 is 0 Å². The van der Waals surface area contributed by atoms with Gasteiger partial charge in [-0.3, -0.25) is 0 Å². The van der Waals surface area contributed by atoms with Crippen molar-refractivity contribution in [3.63, 3.8) is 0 Å². The zero-order valence-electron chi connectivity index (χ0n) is 3.89. The largest absolute Gasteiger partial charge is 1.00 e. The summed E-state index contributed by atoms with van der Waals surface area (Å²) in [6, 6.07) is 1.74. The van der Waals surface area contributed by atoms with Crippen LogP contribution in [0.5, 0.6) is 0 Å². The van der Waals surface area contributed by atoms with Crippen molar-refractivity contribution >= 4 is 23.8 Å². The molecule has 4 heteroatoms. The molecule has 0 aliphatic carbocycles. The van der Waals surface area contributed by atoms with Crippen LogP contribution in [0.25, 0.3) is 0 Å². The summed E-state index contributed by atoms with van der Waals surface area (Å²) in [5.41, 5.74) is 0. The summed E-state index contributed by atoms with van der Waals surface area (Å²) in [6.07, 6.45) is 0. The summed E-state index contributed by atoms with van der Waals surface area (Å²) in [7, 11) is 0. The fourth-order valence-electron chi connectivity index (χ4n) is 0.192. The van der Waals surface area contributed by atoms with E-state index in [0.717, 1.165) is 4.64 Å². The standard InChI is InChI=1S/C3H2NS2.Na/c5-3-1-2-6-4-3;/h1H,(H,4,5);/q-1;+1. The van der Waals surface area contributed by atoms with Gasteiger partial charge >= 0.3 is 29.6 Å². The fourth-order valence-corrected chi connectivity index (χ4v) is 0.846. The van der Waals surface area contributed by atoms with Crippen molar-refractivity contribution in [2.45, 2.75) is 0 Å². The van der Waals surface area contributed by atoms with Crippen molar-refractivity contribution in [1.82, 2.24) is 4.37 Å². The Morgan fingerprint density at radius 2 is 2.57 bits per heavy atom. The minimum Gasteiger partial charge on any atom is -0.396 e. The van der Waals surface area contributed by atoms with Crippen molar-refractivity contribution < 1.29 is 29.6 Å². The van der Waals surface area contributed by atoms with Gasteiger partial charge in [0.25, 0.3) is 0 Å². The molecule has 0 aliphatic rings. The third-order valence-corrected chi connectivity index (χ3v) is 1.31. The summed E-state index contributed by atoms with van der Waals surface area (Å²) in [5.74, 6) is 0. The first-order valence-electron chi connectivity index (χ1n) is 1.44. The molecule has 0 aromatic carbocycles. The molecule has 0 bridgehead atoms. The number of nitrogens with one attached hydrogen (secondary N) is 1. The molecule has 1 rings (SSSR count). The van der Waals surface area contributed by atoms with Crippen LogP contribution in [0, 0.1) is 10.0 Å². The first-order valence-corrected chi connectivity index (χ1v) is 2.66. The van der Waals surface area contributed by atoms with E-state index >= 15 is 0 Å². The SMILES string of the molecule is S=c1c[c-]s[nH]1.[Na+]. The average Bonchev–Trinajstić information content (AvgIpc) is 1.86. The number of rotatable bonds is 0. The number of aromatic amines is 1. The second-order valence-electron chi connectivity index (χ2n) is 0.831. The molecule has 0 atom stereocenters. The monoisotopic (exact) mass is 139 g/mol. The van der Waals surface area contributed by atoms with Crippen LogP contribution in [0.1, 0.15) is 0 Å². The zero-order valence-corrected chi connectivity index (χ0v) is 7.53. The summed E-state index contributed by atoms with van der Waals surface area (Å²) in [6.45, 7) is 0. The van der Waals surface area contributed by atoms with E-state index in [1.807, 2.05) is 0 Å². The van der Waals surface area contributed by atoms with E-state index in [2.05, 4.69) is 22.0 Å². The van der Waals surface area contributed by atoms with Crippen LogP contribution in [0.3, 0.4) is 0 Å². The van der Waals surface area contributed by atoms with E-state index in [-0.39, 0.29) is 29.6 Å². The second kappa shape index (κ2) is 3.80. The predicted molar refractivity (Wildman–Crippen MR) is 28.3 cm³/mol. The molecule has 0 spiro atoms. The Morgan fingerprint density at radius 3 is 2.71 bits per heavy atom. The summed E-state index contributed by atoms with van der Waals surface area (Å²) < 4.78 is 3.56. The Kier molecular flexibility index (Phi) is 4.27. The Balaban J connectivity index is 0.000000360. The molecule has 1 aromatic heterocycles. The molecule has 0 aliphatic heterocycles. The first kappa shape index (κ1) is 7.85. The Labute approximate surface area is 73.2 Å².